The van der Waals surface area contributed by atoms with Crippen molar-refractivity contribution in [3.8, 4) is 5.75 Å². The molecular formula is C12H15NO2. The van der Waals surface area contributed by atoms with Crippen molar-refractivity contribution >= 4 is 5.71 Å². The summed E-state index contributed by atoms with van der Waals surface area (Å²) in [6, 6.07) is 6.04. The van der Waals surface area contributed by atoms with Crippen molar-refractivity contribution in [3.05, 3.63) is 29.3 Å². The van der Waals surface area contributed by atoms with Gasteiger partial charge in [-0.05, 0) is 30.0 Å². The second kappa shape index (κ2) is 3.93. The second-order valence-electron chi connectivity index (χ2n) is 3.84. The Balaban J connectivity index is 2.49. The fourth-order valence-corrected chi connectivity index (χ4v) is 2.23. The zero-order chi connectivity index (χ0) is 10.8. The minimum Gasteiger partial charge on any atom is -0.496 e. The number of nitrogens with zero attached hydrogens (tertiary/aromatic N) is 1. The van der Waals surface area contributed by atoms with Gasteiger partial charge in [0, 0.05) is 5.92 Å². The van der Waals surface area contributed by atoms with Crippen LogP contribution >= 0.6 is 0 Å². The third-order valence-corrected chi connectivity index (χ3v) is 3.12. The Kier molecular flexibility index (Phi) is 2.62. The molecule has 0 heterocycles. The van der Waals surface area contributed by atoms with Crippen LogP contribution in [0.25, 0.3) is 0 Å². The van der Waals surface area contributed by atoms with Crippen molar-refractivity contribution in [3.63, 3.8) is 0 Å². The Hall–Kier alpha value is -1.51. The Labute approximate surface area is 89.4 Å². The first-order valence-corrected chi connectivity index (χ1v) is 5.14. The molecule has 0 saturated carbocycles. The number of fused-ring (bicyclic) bond motifs is 1. The van der Waals surface area contributed by atoms with Crippen molar-refractivity contribution in [2.45, 2.75) is 25.7 Å². The number of hydrogen-bond donors (Lipinski definition) is 1. The lowest BCUT2D eigenvalue weighted by atomic mass is 9.82. The Morgan fingerprint density at radius 1 is 1.40 bits per heavy atom. The molecule has 0 spiro atoms. The summed E-state index contributed by atoms with van der Waals surface area (Å²) in [6.45, 7) is 2.06. The van der Waals surface area contributed by atoms with Crippen LogP contribution in [0.5, 0.6) is 5.75 Å². The molecule has 15 heavy (non-hydrogen) atoms. The summed E-state index contributed by atoms with van der Waals surface area (Å²) in [5, 5.41) is 12.2. The Morgan fingerprint density at radius 2 is 2.20 bits per heavy atom. The number of oxime groups is 1. The molecule has 1 atom stereocenters. The van der Waals surface area contributed by atoms with Crippen LogP contribution in [0, 0.1) is 0 Å². The van der Waals surface area contributed by atoms with E-state index in [1.165, 1.54) is 11.1 Å². The number of rotatable bonds is 1. The highest BCUT2D eigenvalue weighted by Crippen LogP contribution is 2.34. The molecule has 0 radical (unpaired) electrons. The largest absolute Gasteiger partial charge is 0.496 e. The van der Waals surface area contributed by atoms with Crippen LogP contribution in [-0.2, 0) is 6.42 Å². The van der Waals surface area contributed by atoms with E-state index in [2.05, 4.69) is 18.1 Å². The number of hydrogen-bond acceptors (Lipinski definition) is 3. The smallest absolute Gasteiger partial charge is 0.122 e. The van der Waals surface area contributed by atoms with E-state index < -0.39 is 0 Å². The summed E-state index contributed by atoms with van der Waals surface area (Å²) >= 11 is 0. The maximum absolute atomic E-state index is 8.87. The van der Waals surface area contributed by atoms with Gasteiger partial charge in [0.05, 0.1) is 12.8 Å². The highest BCUT2D eigenvalue weighted by molar-refractivity contribution is 5.92. The fourth-order valence-electron chi connectivity index (χ4n) is 2.23. The molecular weight excluding hydrogens is 190 g/mol. The first kappa shape index (κ1) is 10.0. The fraction of sp³-hybridized carbons (Fsp3) is 0.417. The van der Waals surface area contributed by atoms with Gasteiger partial charge in [0.25, 0.3) is 0 Å². The maximum atomic E-state index is 8.87. The van der Waals surface area contributed by atoms with Gasteiger partial charge in [0.2, 0.25) is 0 Å². The van der Waals surface area contributed by atoms with Crippen LogP contribution in [0.3, 0.4) is 0 Å². The van der Waals surface area contributed by atoms with Crippen molar-refractivity contribution in [1.29, 1.82) is 0 Å². The predicted octanol–water partition coefficient (Wildman–Crippen LogP) is 2.58. The van der Waals surface area contributed by atoms with Crippen LogP contribution in [-0.4, -0.2) is 18.0 Å². The third kappa shape index (κ3) is 1.58. The van der Waals surface area contributed by atoms with E-state index in [9.17, 15) is 0 Å². The van der Waals surface area contributed by atoms with E-state index in [-0.39, 0.29) is 5.92 Å². The van der Waals surface area contributed by atoms with E-state index in [0.717, 1.165) is 24.3 Å². The number of ether oxygens (including phenoxy) is 1. The molecule has 0 saturated heterocycles. The van der Waals surface area contributed by atoms with E-state index in [1.807, 2.05) is 12.1 Å². The molecule has 1 aromatic carbocycles. The topological polar surface area (TPSA) is 41.8 Å². The molecule has 0 bridgehead atoms. The van der Waals surface area contributed by atoms with Gasteiger partial charge in [-0.2, -0.15) is 0 Å². The summed E-state index contributed by atoms with van der Waals surface area (Å²) in [5.41, 5.74) is 3.32. The summed E-state index contributed by atoms with van der Waals surface area (Å²) in [6.07, 6.45) is 1.70. The molecule has 80 valence electrons. The first-order valence-electron chi connectivity index (χ1n) is 5.14. The normalized spacial score (nSPS) is 22.5. The van der Waals surface area contributed by atoms with Gasteiger partial charge in [-0.1, -0.05) is 24.2 Å². The zero-order valence-corrected chi connectivity index (χ0v) is 9.03. The van der Waals surface area contributed by atoms with Crippen LogP contribution in [0.2, 0.25) is 0 Å². The summed E-state index contributed by atoms with van der Waals surface area (Å²) in [4.78, 5) is 0. The Morgan fingerprint density at radius 3 is 2.87 bits per heavy atom. The summed E-state index contributed by atoms with van der Waals surface area (Å²) in [5.74, 6) is 1.13. The van der Waals surface area contributed by atoms with E-state index in [1.54, 1.807) is 7.11 Å². The first-order chi connectivity index (χ1) is 7.27. The predicted molar refractivity (Wildman–Crippen MR) is 59.0 cm³/mol. The summed E-state index contributed by atoms with van der Waals surface area (Å²) in [7, 11) is 1.69. The lowest BCUT2D eigenvalue weighted by Crippen LogP contribution is -2.18. The van der Waals surface area contributed by atoms with Gasteiger partial charge in [-0.3, -0.25) is 0 Å². The molecule has 0 aliphatic heterocycles. The average Bonchev–Trinajstić information content (AvgIpc) is 2.29. The molecule has 1 N–H and O–H groups in total. The minimum atomic E-state index is 0.189. The zero-order valence-electron chi connectivity index (χ0n) is 9.03. The maximum Gasteiger partial charge on any atom is 0.122 e. The molecule has 3 nitrogen and oxygen atoms in total. The molecule has 1 unspecified atom stereocenters. The average molecular weight is 205 g/mol. The molecule has 1 aliphatic carbocycles. The standard InChI is InChI=1S/C12H15NO2/c1-8-9-4-3-5-12(15-2)10(9)6-7-11(8)13-14/h3-5,8,14H,6-7H2,1-2H3/b13-11+. The van der Waals surface area contributed by atoms with Crippen molar-refractivity contribution in [2.75, 3.05) is 7.11 Å². The Bertz CT molecular complexity index is 399. The van der Waals surface area contributed by atoms with Gasteiger partial charge in [-0.25, -0.2) is 0 Å². The van der Waals surface area contributed by atoms with Gasteiger partial charge in [0.15, 0.2) is 0 Å². The van der Waals surface area contributed by atoms with E-state index in [0.29, 0.717) is 0 Å². The molecule has 1 aromatic rings. The lowest BCUT2D eigenvalue weighted by Gasteiger charge is -2.24. The van der Waals surface area contributed by atoms with Gasteiger partial charge < -0.3 is 9.94 Å². The van der Waals surface area contributed by atoms with Gasteiger partial charge in [-0.15, -0.1) is 0 Å². The molecule has 0 amide bonds. The van der Waals surface area contributed by atoms with Crippen molar-refractivity contribution < 1.29 is 9.94 Å². The number of benzene rings is 1. The van der Waals surface area contributed by atoms with Gasteiger partial charge in [0.1, 0.15) is 5.75 Å². The quantitative estimate of drug-likeness (QED) is 0.565. The van der Waals surface area contributed by atoms with Crippen molar-refractivity contribution in [2.24, 2.45) is 5.16 Å². The highest BCUT2D eigenvalue weighted by atomic mass is 16.5. The highest BCUT2D eigenvalue weighted by Gasteiger charge is 2.24. The van der Waals surface area contributed by atoms with Gasteiger partial charge >= 0.3 is 0 Å². The SMILES string of the molecule is COc1cccc2c1CC/C(=N\O)C2C. The minimum absolute atomic E-state index is 0.189. The van der Waals surface area contributed by atoms with Crippen LogP contribution in [0.1, 0.15) is 30.4 Å². The van der Waals surface area contributed by atoms with E-state index >= 15 is 0 Å². The van der Waals surface area contributed by atoms with Crippen LogP contribution in [0.4, 0.5) is 0 Å². The monoisotopic (exact) mass is 205 g/mol. The lowest BCUT2D eigenvalue weighted by molar-refractivity contribution is 0.314. The van der Waals surface area contributed by atoms with E-state index in [4.69, 9.17) is 9.94 Å². The summed E-state index contributed by atoms with van der Waals surface area (Å²) < 4.78 is 5.33. The van der Waals surface area contributed by atoms with Crippen LogP contribution in [0.15, 0.2) is 23.4 Å². The molecule has 0 fully saturated rings. The number of methoxy groups -OCH3 is 1. The molecule has 2 rings (SSSR count). The van der Waals surface area contributed by atoms with Crippen molar-refractivity contribution in [1.82, 2.24) is 0 Å². The molecule has 0 aromatic heterocycles. The molecule has 3 heteroatoms. The molecule has 1 aliphatic rings. The third-order valence-electron chi connectivity index (χ3n) is 3.12. The van der Waals surface area contributed by atoms with Crippen LogP contribution < -0.4 is 4.74 Å². The second-order valence-corrected chi connectivity index (χ2v) is 3.84.